The van der Waals surface area contributed by atoms with Crippen LogP contribution in [0.25, 0.3) is 0 Å². The highest BCUT2D eigenvalue weighted by atomic mass is 32.2. The van der Waals surface area contributed by atoms with Crippen LogP contribution in [0.4, 0.5) is 5.69 Å². The summed E-state index contributed by atoms with van der Waals surface area (Å²) in [5.41, 5.74) is 6.01. The second-order valence-corrected chi connectivity index (χ2v) is 6.59. The second kappa shape index (κ2) is 8.43. The second-order valence-electron chi connectivity index (χ2n) is 5.18. The number of benzene rings is 2. The van der Waals surface area contributed by atoms with Crippen molar-refractivity contribution in [1.29, 1.82) is 0 Å². The van der Waals surface area contributed by atoms with Crippen LogP contribution in [0.15, 0.2) is 47.4 Å². The maximum atomic E-state index is 12.4. The molecule has 0 aliphatic heterocycles. The summed E-state index contributed by atoms with van der Waals surface area (Å²) in [4.78, 5) is 24.7. The Morgan fingerprint density at radius 1 is 1.08 bits per heavy atom. The van der Waals surface area contributed by atoms with Gasteiger partial charge in [-0.2, -0.15) is 0 Å². The first-order chi connectivity index (χ1) is 12.0. The van der Waals surface area contributed by atoms with Gasteiger partial charge in [0.15, 0.2) is 11.5 Å². The van der Waals surface area contributed by atoms with Gasteiger partial charge in [0, 0.05) is 4.90 Å². The van der Waals surface area contributed by atoms with E-state index in [1.54, 1.807) is 51.5 Å². The zero-order valence-corrected chi connectivity index (χ0v) is 15.1. The molecule has 132 valence electrons. The zero-order chi connectivity index (χ0) is 18.4. The van der Waals surface area contributed by atoms with Crippen LogP contribution in [0.2, 0.25) is 0 Å². The molecule has 6 nitrogen and oxygen atoms in total. The van der Waals surface area contributed by atoms with Crippen molar-refractivity contribution >= 4 is 29.3 Å². The van der Waals surface area contributed by atoms with Crippen molar-refractivity contribution in [1.82, 2.24) is 0 Å². The Kier molecular flexibility index (Phi) is 6.30. The Morgan fingerprint density at radius 3 is 2.40 bits per heavy atom. The molecule has 0 spiro atoms. The third kappa shape index (κ3) is 4.67. The Labute approximate surface area is 150 Å². The molecule has 1 atom stereocenters. The topological polar surface area (TPSA) is 90.6 Å². The molecule has 0 heterocycles. The van der Waals surface area contributed by atoms with E-state index < -0.39 is 5.91 Å². The average molecular weight is 360 g/mol. The van der Waals surface area contributed by atoms with Crippen molar-refractivity contribution in [2.75, 3.05) is 19.5 Å². The van der Waals surface area contributed by atoms with Crippen LogP contribution >= 0.6 is 11.8 Å². The van der Waals surface area contributed by atoms with Crippen LogP contribution < -0.4 is 20.5 Å². The predicted molar refractivity (Wildman–Crippen MR) is 98.5 cm³/mol. The van der Waals surface area contributed by atoms with Crippen LogP contribution in [-0.2, 0) is 4.79 Å². The highest BCUT2D eigenvalue weighted by Gasteiger charge is 2.18. The molecule has 0 radical (unpaired) electrons. The Bertz CT molecular complexity index is 779. The zero-order valence-electron chi connectivity index (χ0n) is 14.2. The maximum Gasteiger partial charge on any atom is 0.250 e. The summed E-state index contributed by atoms with van der Waals surface area (Å²) in [6.45, 7) is 1.78. The van der Waals surface area contributed by atoms with E-state index in [4.69, 9.17) is 15.2 Å². The van der Waals surface area contributed by atoms with Gasteiger partial charge in [0.25, 0.3) is 5.91 Å². The number of ether oxygens (including phenoxy) is 2. The van der Waals surface area contributed by atoms with Crippen molar-refractivity contribution in [2.24, 2.45) is 5.73 Å². The molecule has 0 saturated heterocycles. The van der Waals surface area contributed by atoms with Gasteiger partial charge in [-0.25, -0.2) is 0 Å². The van der Waals surface area contributed by atoms with E-state index in [0.29, 0.717) is 17.2 Å². The molecule has 0 fully saturated rings. The number of nitrogens with one attached hydrogen (secondary N) is 1. The molecule has 2 rings (SSSR count). The van der Waals surface area contributed by atoms with Gasteiger partial charge in [0.1, 0.15) is 0 Å². The van der Waals surface area contributed by atoms with Gasteiger partial charge in [-0.15, -0.1) is 11.8 Å². The molecular formula is C18H20N2O4S. The van der Waals surface area contributed by atoms with Crippen LogP contribution in [0.5, 0.6) is 11.5 Å². The normalized spacial score (nSPS) is 11.5. The third-order valence-electron chi connectivity index (χ3n) is 3.49. The highest BCUT2D eigenvalue weighted by Crippen LogP contribution is 2.33. The number of carbonyl (C=O) groups is 2. The van der Waals surface area contributed by atoms with Gasteiger partial charge in [-0.05, 0) is 37.3 Å². The third-order valence-corrected chi connectivity index (χ3v) is 4.58. The molecule has 0 bridgehead atoms. The minimum absolute atomic E-state index is 0.228. The summed E-state index contributed by atoms with van der Waals surface area (Å²) in [5, 5.41) is 2.36. The summed E-state index contributed by atoms with van der Waals surface area (Å²) in [6, 6.07) is 12.1. The smallest absolute Gasteiger partial charge is 0.250 e. The lowest BCUT2D eigenvalue weighted by molar-refractivity contribution is -0.115. The molecule has 25 heavy (non-hydrogen) atoms. The lowest BCUT2D eigenvalue weighted by atomic mass is 10.1. The van der Waals surface area contributed by atoms with Gasteiger partial charge in [0.05, 0.1) is 30.7 Å². The Morgan fingerprint density at radius 2 is 1.76 bits per heavy atom. The van der Waals surface area contributed by atoms with Crippen molar-refractivity contribution in [3.8, 4) is 11.5 Å². The molecular weight excluding hydrogens is 340 g/mol. The number of amides is 2. The molecule has 2 amide bonds. The summed E-state index contributed by atoms with van der Waals surface area (Å²) in [7, 11) is 3.13. The largest absolute Gasteiger partial charge is 0.493 e. The molecule has 2 aromatic carbocycles. The molecule has 1 unspecified atom stereocenters. The summed E-state index contributed by atoms with van der Waals surface area (Å²) < 4.78 is 10.5. The monoisotopic (exact) mass is 360 g/mol. The molecule has 0 saturated carbocycles. The first-order valence-electron chi connectivity index (χ1n) is 7.54. The molecule has 2 aromatic rings. The number of thioether (sulfide) groups is 1. The fourth-order valence-corrected chi connectivity index (χ4v) is 3.08. The lowest BCUT2D eigenvalue weighted by Gasteiger charge is -2.15. The van der Waals surface area contributed by atoms with Gasteiger partial charge in [-0.3, -0.25) is 9.59 Å². The standard InChI is InChI=1S/C18H20N2O4S/c1-11(25-12-8-9-15(23-2)16(10-12)24-3)18(22)20-14-7-5-4-6-13(14)17(19)21/h4-11H,1-3H3,(H2,19,21)(H,20,22). The summed E-state index contributed by atoms with van der Waals surface area (Å²) in [5.74, 6) is 0.406. The van der Waals surface area contributed by atoms with Crippen molar-refractivity contribution in [2.45, 2.75) is 17.1 Å². The van der Waals surface area contributed by atoms with Crippen LogP contribution in [-0.4, -0.2) is 31.3 Å². The van der Waals surface area contributed by atoms with Gasteiger partial charge in [0.2, 0.25) is 5.91 Å². The SMILES string of the molecule is COc1ccc(SC(C)C(=O)Nc2ccccc2C(N)=O)cc1OC. The Hall–Kier alpha value is -2.67. The number of hydrogen-bond donors (Lipinski definition) is 2. The van der Waals surface area contributed by atoms with E-state index in [-0.39, 0.29) is 16.7 Å². The molecule has 3 N–H and O–H groups in total. The number of nitrogens with two attached hydrogens (primary N) is 1. The number of hydrogen-bond acceptors (Lipinski definition) is 5. The number of rotatable bonds is 7. The van der Waals surface area contributed by atoms with Crippen LogP contribution in [0, 0.1) is 0 Å². The maximum absolute atomic E-state index is 12.4. The minimum Gasteiger partial charge on any atom is -0.493 e. The molecule has 0 aliphatic rings. The number of anilines is 1. The summed E-state index contributed by atoms with van der Waals surface area (Å²) in [6.07, 6.45) is 0. The van der Waals surface area contributed by atoms with Crippen LogP contribution in [0.3, 0.4) is 0 Å². The van der Waals surface area contributed by atoms with E-state index in [1.165, 1.54) is 11.8 Å². The Balaban J connectivity index is 2.10. The van der Waals surface area contributed by atoms with Gasteiger partial charge in [-0.1, -0.05) is 12.1 Å². The fourth-order valence-electron chi connectivity index (χ4n) is 2.19. The fraction of sp³-hybridized carbons (Fsp3) is 0.222. The number of primary amides is 1. The summed E-state index contributed by atoms with van der Waals surface area (Å²) >= 11 is 1.37. The van der Waals surface area contributed by atoms with E-state index >= 15 is 0 Å². The predicted octanol–water partition coefficient (Wildman–Crippen LogP) is 2.92. The molecule has 0 aromatic heterocycles. The van der Waals surface area contributed by atoms with Gasteiger partial charge >= 0.3 is 0 Å². The lowest BCUT2D eigenvalue weighted by Crippen LogP contribution is -2.24. The van der Waals surface area contributed by atoms with Crippen molar-refractivity contribution in [3.63, 3.8) is 0 Å². The van der Waals surface area contributed by atoms with E-state index in [2.05, 4.69) is 5.32 Å². The molecule has 7 heteroatoms. The van der Waals surface area contributed by atoms with E-state index in [9.17, 15) is 9.59 Å². The molecule has 0 aliphatic carbocycles. The first kappa shape index (κ1) is 18.7. The van der Waals surface area contributed by atoms with E-state index in [1.807, 2.05) is 12.1 Å². The number of carbonyl (C=O) groups excluding carboxylic acids is 2. The average Bonchev–Trinajstić information content (AvgIpc) is 2.61. The van der Waals surface area contributed by atoms with Crippen molar-refractivity contribution in [3.05, 3.63) is 48.0 Å². The quantitative estimate of drug-likeness (QED) is 0.741. The number of para-hydroxylation sites is 1. The van der Waals surface area contributed by atoms with Crippen LogP contribution in [0.1, 0.15) is 17.3 Å². The van der Waals surface area contributed by atoms with Crippen molar-refractivity contribution < 1.29 is 19.1 Å². The van der Waals surface area contributed by atoms with Gasteiger partial charge < -0.3 is 20.5 Å². The van der Waals surface area contributed by atoms with E-state index in [0.717, 1.165) is 4.90 Å². The number of methoxy groups -OCH3 is 2. The minimum atomic E-state index is -0.587. The highest BCUT2D eigenvalue weighted by molar-refractivity contribution is 8.00. The first-order valence-corrected chi connectivity index (χ1v) is 8.42.